The van der Waals surface area contributed by atoms with Gasteiger partial charge in [-0.15, -0.1) is 0 Å². The van der Waals surface area contributed by atoms with Crippen LogP contribution in [0.15, 0.2) is 11.6 Å². The van der Waals surface area contributed by atoms with Gasteiger partial charge in [-0.05, 0) is 118 Å². The monoisotopic (exact) mass is 488 g/mol. The maximum Gasteiger partial charge on any atom is 0.192 e. The fourth-order valence-electron chi connectivity index (χ4n) is 9.17. The minimum atomic E-state index is -1.79. The largest absolute Gasteiger partial charge is 0.414 e. The first-order valence-corrected chi connectivity index (χ1v) is 17.2. The van der Waals surface area contributed by atoms with Gasteiger partial charge in [0.1, 0.15) is 0 Å². The molecule has 0 aromatic carbocycles. The average Bonchev–Trinajstić information content (AvgIpc) is 3.22. The fourth-order valence-corrected chi connectivity index (χ4v) is 10.6. The van der Waals surface area contributed by atoms with Crippen molar-refractivity contribution in [3.63, 3.8) is 0 Å². The molecule has 0 spiro atoms. The molecule has 4 unspecified atom stereocenters. The molecular weight excluding hydrogens is 436 g/mol. The van der Waals surface area contributed by atoms with Crippen LogP contribution in [0.4, 0.5) is 0 Å². The summed E-state index contributed by atoms with van der Waals surface area (Å²) in [7, 11) is -1.79. The van der Waals surface area contributed by atoms with Crippen LogP contribution in [0.2, 0.25) is 18.1 Å². The summed E-state index contributed by atoms with van der Waals surface area (Å²) < 4.78 is 20.7. The molecule has 3 nitrogen and oxygen atoms in total. The first-order valence-electron chi connectivity index (χ1n) is 14.3. The van der Waals surface area contributed by atoms with E-state index in [1.165, 1.54) is 38.5 Å². The molecule has 5 fully saturated rings. The normalized spacial score (nSPS) is 49.4. The topological polar surface area (TPSA) is 27.7 Å². The molecule has 1 heterocycles. The summed E-state index contributed by atoms with van der Waals surface area (Å²) in [5.74, 6) is 2.17. The highest BCUT2D eigenvalue weighted by Gasteiger charge is 2.68. The van der Waals surface area contributed by atoms with Gasteiger partial charge in [-0.3, -0.25) is 0 Å². The Labute approximate surface area is 210 Å². The average molecular weight is 489 g/mol. The molecule has 5 aliphatic rings. The summed E-state index contributed by atoms with van der Waals surface area (Å²) in [6.07, 6.45) is 12.2. The van der Waals surface area contributed by atoms with Crippen molar-refractivity contribution in [2.75, 3.05) is 0 Å². The Kier molecular flexibility index (Phi) is 5.93. The van der Waals surface area contributed by atoms with E-state index in [1.54, 1.807) is 5.57 Å². The van der Waals surface area contributed by atoms with Crippen LogP contribution >= 0.6 is 0 Å². The third kappa shape index (κ3) is 3.67. The van der Waals surface area contributed by atoms with Gasteiger partial charge >= 0.3 is 0 Å². The van der Waals surface area contributed by atoms with E-state index in [2.05, 4.69) is 74.6 Å². The zero-order valence-electron chi connectivity index (χ0n) is 23.8. The minimum Gasteiger partial charge on any atom is -0.414 e. The molecule has 4 saturated carbocycles. The summed E-state index contributed by atoms with van der Waals surface area (Å²) >= 11 is 0. The van der Waals surface area contributed by atoms with E-state index in [9.17, 15) is 0 Å². The molecule has 0 bridgehead atoms. The molecule has 5 rings (SSSR count). The third-order valence-electron chi connectivity index (χ3n) is 12.0. The second-order valence-electron chi connectivity index (χ2n) is 15.1. The van der Waals surface area contributed by atoms with Crippen LogP contribution in [0.25, 0.3) is 0 Å². The molecule has 1 saturated heterocycles. The highest BCUT2D eigenvalue weighted by atomic mass is 28.4. The Balaban J connectivity index is 1.48. The van der Waals surface area contributed by atoms with Crippen LogP contribution in [-0.2, 0) is 13.9 Å². The molecular formula is C30H52O3Si. The van der Waals surface area contributed by atoms with Crippen molar-refractivity contribution >= 4 is 8.32 Å². The highest BCUT2D eigenvalue weighted by Crippen LogP contribution is 2.69. The van der Waals surface area contributed by atoms with Crippen molar-refractivity contribution in [1.29, 1.82) is 0 Å². The lowest BCUT2D eigenvalue weighted by Gasteiger charge is -2.63. The number of hydrogen-bond donors (Lipinski definition) is 0. The molecule has 9 atom stereocenters. The van der Waals surface area contributed by atoms with E-state index in [0.29, 0.717) is 28.8 Å². The van der Waals surface area contributed by atoms with Crippen LogP contribution in [0, 0.1) is 34.5 Å². The van der Waals surface area contributed by atoms with Crippen LogP contribution < -0.4 is 0 Å². The van der Waals surface area contributed by atoms with Gasteiger partial charge in [0, 0.05) is 6.10 Å². The molecule has 0 radical (unpaired) electrons. The van der Waals surface area contributed by atoms with E-state index in [0.717, 1.165) is 18.3 Å². The Morgan fingerprint density at radius 3 is 2.24 bits per heavy atom. The Hall–Kier alpha value is -0.163. The molecule has 0 aromatic rings. The van der Waals surface area contributed by atoms with E-state index in [-0.39, 0.29) is 17.2 Å². The lowest BCUT2D eigenvalue weighted by atomic mass is 9.43. The molecule has 1 aliphatic heterocycles. The molecule has 4 heteroatoms. The summed E-state index contributed by atoms with van der Waals surface area (Å²) in [5, 5.41) is 0.254. The van der Waals surface area contributed by atoms with Gasteiger partial charge in [0.25, 0.3) is 0 Å². The second-order valence-corrected chi connectivity index (χ2v) is 19.8. The first-order chi connectivity index (χ1) is 15.6. The lowest BCUT2D eigenvalue weighted by molar-refractivity contribution is -0.181. The zero-order valence-corrected chi connectivity index (χ0v) is 24.8. The van der Waals surface area contributed by atoms with Gasteiger partial charge in [-0.25, -0.2) is 0 Å². The molecule has 34 heavy (non-hydrogen) atoms. The van der Waals surface area contributed by atoms with Crippen LogP contribution in [0.1, 0.15) is 100 Å². The van der Waals surface area contributed by atoms with Gasteiger partial charge in [0.05, 0.1) is 12.2 Å². The van der Waals surface area contributed by atoms with Gasteiger partial charge in [0.15, 0.2) is 14.1 Å². The number of allylic oxidation sites excluding steroid dienone is 2. The van der Waals surface area contributed by atoms with Crippen molar-refractivity contribution in [3.8, 4) is 0 Å². The van der Waals surface area contributed by atoms with E-state index in [1.807, 2.05) is 0 Å². The van der Waals surface area contributed by atoms with Crippen molar-refractivity contribution in [1.82, 2.24) is 0 Å². The Morgan fingerprint density at radius 1 is 0.912 bits per heavy atom. The van der Waals surface area contributed by atoms with E-state index < -0.39 is 14.1 Å². The summed E-state index contributed by atoms with van der Waals surface area (Å²) in [6, 6.07) is 0. The number of rotatable bonds is 2. The van der Waals surface area contributed by atoms with Crippen LogP contribution in [-0.4, -0.2) is 32.4 Å². The minimum absolute atomic E-state index is 0.212. The highest BCUT2D eigenvalue weighted by molar-refractivity contribution is 6.74. The maximum absolute atomic E-state index is 7.02. The van der Waals surface area contributed by atoms with Gasteiger partial charge < -0.3 is 13.9 Å². The SMILES string of the molecule is C/C=C1/CCC2C3C(CC[C@]12C)[C@@]1(C)CC[C@H](O[Si](C)(C)C(C)(C)C)CC1[C@H]1OC(C)(C)O[C@H]31. The summed E-state index contributed by atoms with van der Waals surface area (Å²) in [6.45, 7) is 23.7. The molecule has 4 aliphatic carbocycles. The van der Waals surface area contributed by atoms with Crippen molar-refractivity contribution in [2.24, 2.45) is 34.5 Å². The Morgan fingerprint density at radius 2 is 1.59 bits per heavy atom. The lowest BCUT2D eigenvalue weighted by Crippen LogP contribution is -2.63. The Bertz CT molecular complexity index is 840. The number of fused-ring (bicyclic) bond motifs is 8. The van der Waals surface area contributed by atoms with Gasteiger partial charge in [-0.2, -0.15) is 0 Å². The smallest absolute Gasteiger partial charge is 0.192 e. The maximum atomic E-state index is 7.02. The van der Waals surface area contributed by atoms with Crippen molar-refractivity contribution in [3.05, 3.63) is 11.6 Å². The quantitative estimate of drug-likeness (QED) is 0.290. The van der Waals surface area contributed by atoms with Crippen LogP contribution in [0.5, 0.6) is 0 Å². The molecule has 194 valence electrons. The molecule has 0 amide bonds. The third-order valence-corrected chi connectivity index (χ3v) is 16.5. The molecule has 0 aromatic heterocycles. The zero-order chi connectivity index (χ0) is 24.9. The van der Waals surface area contributed by atoms with E-state index in [4.69, 9.17) is 13.9 Å². The van der Waals surface area contributed by atoms with Gasteiger partial charge in [0.2, 0.25) is 0 Å². The number of hydrogen-bond acceptors (Lipinski definition) is 3. The fraction of sp³-hybridized carbons (Fsp3) is 0.933. The second kappa shape index (κ2) is 7.92. The predicted molar refractivity (Wildman–Crippen MR) is 142 cm³/mol. The standard InChI is InChI=1S/C30H52O3Si/c1-11-19-12-13-21-24-22(15-17-29(19,21)7)30(8)16-14-20(33-34(9,10)27(2,3)4)18-23(30)25-26(24)32-28(5,6)31-25/h11,20-26H,12-18H2,1-10H3/b19-11-/t20-,21?,22?,23?,24?,25+,26+,29+,30+/m0/s1. The van der Waals surface area contributed by atoms with E-state index >= 15 is 0 Å². The van der Waals surface area contributed by atoms with Crippen LogP contribution in [0.3, 0.4) is 0 Å². The predicted octanol–water partition coefficient (Wildman–Crippen LogP) is 8.11. The summed E-state index contributed by atoms with van der Waals surface area (Å²) in [5.41, 5.74) is 2.41. The van der Waals surface area contributed by atoms with Crippen molar-refractivity contribution in [2.45, 2.75) is 143 Å². The number of ether oxygens (including phenoxy) is 2. The summed E-state index contributed by atoms with van der Waals surface area (Å²) in [4.78, 5) is 0. The van der Waals surface area contributed by atoms with Gasteiger partial charge in [-0.1, -0.05) is 46.3 Å². The molecule has 0 N–H and O–H groups in total. The van der Waals surface area contributed by atoms with Crippen molar-refractivity contribution < 1.29 is 13.9 Å². The first kappa shape index (κ1) is 25.5.